The summed E-state index contributed by atoms with van der Waals surface area (Å²) < 4.78 is 40.3. The van der Waals surface area contributed by atoms with E-state index in [0.29, 0.717) is 18.3 Å². The normalized spacial score (nSPS) is 13.9. The summed E-state index contributed by atoms with van der Waals surface area (Å²) >= 11 is 0. The first-order valence-electron chi connectivity index (χ1n) is 9.25. The summed E-state index contributed by atoms with van der Waals surface area (Å²) in [6, 6.07) is 15.4. The number of benzene rings is 2. The number of urea groups is 1. The van der Waals surface area contributed by atoms with Crippen LogP contribution in [0.3, 0.4) is 0 Å². The fraction of sp³-hybridized carbons (Fsp3) is 0.238. The average Bonchev–Trinajstić information content (AvgIpc) is 3.46. The van der Waals surface area contributed by atoms with Crippen molar-refractivity contribution in [3.63, 3.8) is 0 Å². The number of hydrogen-bond donors (Lipinski definition) is 2. The van der Waals surface area contributed by atoms with Gasteiger partial charge < -0.3 is 5.32 Å². The Bertz CT molecular complexity index is 1010. The molecule has 1 aliphatic carbocycles. The van der Waals surface area contributed by atoms with Crippen LogP contribution in [0.2, 0.25) is 0 Å². The van der Waals surface area contributed by atoms with E-state index in [1.165, 1.54) is 12.1 Å². The SMILES string of the molecule is O=C(Nc1cccc(C(F)(F)F)c1)Nc1cc(C2CC2)nn1Cc1ccccc1. The lowest BCUT2D eigenvalue weighted by molar-refractivity contribution is -0.137. The van der Waals surface area contributed by atoms with Crippen molar-refractivity contribution in [1.29, 1.82) is 0 Å². The van der Waals surface area contributed by atoms with Crippen molar-refractivity contribution in [2.24, 2.45) is 0 Å². The highest BCUT2D eigenvalue weighted by Crippen LogP contribution is 2.40. The second-order valence-corrected chi connectivity index (χ2v) is 7.03. The molecule has 0 atom stereocenters. The first-order valence-corrected chi connectivity index (χ1v) is 9.25. The zero-order valence-electron chi connectivity index (χ0n) is 15.4. The van der Waals surface area contributed by atoms with Crippen LogP contribution in [-0.4, -0.2) is 15.8 Å². The lowest BCUT2D eigenvalue weighted by Gasteiger charge is -2.12. The Balaban J connectivity index is 1.50. The number of carbonyl (C=O) groups excluding carboxylic acids is 1. The molecule has 8 heteroatoms. The van der Waals surface area contributed by atoms with E-state index in [1.54, 1.807) is 4.68 Å². The molecule has 1 aromatic heterocycles. The topological polar surface area (TPSA) is 59.0 Å². The van der Waals surface area contributed by atoms with Crippen LogP contribution in [0.4, 0.5) is 29.5 Å². The highest BCUT2D eigenvalue weighted by Gasteiger charge is 2.30. The van der Waals surface area contributed by atoms with Gasteiger partial charge in [-0.3, -0.25) is 5.32 Å². The molecule has 29 heavy (non-hydrogen) atoms. The zero-order chi connectivity index (χ0) is 20.4. The third-order valence-electron chi connectivity index (χ3n) is 4.66. The quantitative estimate of drug-likeness (QED) is 0.597. The standard InChI is InChI=1S/C21H19F3N4O/c22-21(23,24)16-7-4-8-17(11-16)25-20(29)26-19-12-18(15-9-10-15)27-28(19)13-14-5-2-1-3-6-14/h1-8,11-12,15H,9-10,13H2,(H2,25,26,29). The van der Waals surface area contributed by atoms with Gasteiger partial charge in [-0.25, -0.2) is 9.48 Å². The lowest BCUT2D eigenvalue weighted by Crippen LogP contribution is -2.22. The van der Waals surface area contributed by atoms with Crippen LogP contribution in [0.1, 0.15) is 35.6 Å². The largest absolute Gasteiger partial charge is 0.416 e. The van der Waals surface area contributed by atoms with E-state index in [0.717, 1.165) is 36.2 Å². The van der Waals surface area contributed by atoms with E-state index < -0.39 is 17.8 Å². The number of hydrogen-bond acceptors (Lipinski definition) is 2. The molecule has 5 nitrogen and oxygen atoms in total. The highest BCUT2D eigenvalue weighted by atomic mass is 19.4. The Morgan fingerprint density at radius 3 is 2.48 bits per heavy atom. The van der Waals surface area contributed by atoms with Gasteiger partial charge in [0.2, 0.25) is 0 Å². The third kappa shape index (κ3) is 4.77. The van der Waals surface area contributed by atoms with Crippen LogP contribution in [0, 0.1) is 0 Å². The number of alkyl halides is 3. The maximum absolute atomic E-state index is 12.9. The first-order chi connectivity index (χ1) is 13.9. The van der Waals surface area contributed by atoms with Gasteiger partial charge in [0.25, 0.3) is 0 Å². The number of halogens is 3. The van der Waals surface area contributed by atoms with Crippen molar-refractivity contribution in [3.8, 4) is 0 Å². The van der Waals surface area contributed by atoms with Crippen molar-refractivity contribution >= 4 is 17.5 Å². The van der Waals surface area contributed by atoms with Crippen molar-refractivity contribution in [2.75, 3.05) is 10.6 Å². The Kier molecular flexibility index (Phi) is 5.00. The molecular formula is C21H19F3N4O. The molecule has 2 amide bonds. The maximum Gasteiger partial charge on any atom is 0.416 e. The zero-order valence-corrected chi connectivity index (χ0v) is 15.4. The number of anilines is 2. The van der Waals surface area contributed by atoms with Crippen molar-refractivity contribution < 1.29 is 18.0 Å². The molecule has 1 fully saturated rings. The Hall–Kier alpha value is -3.29. The van der Waals surface area contributed by atoms with E-state index in [1.807, 2.05) is 36.4 Å². The summed E-state index contributed by atoms with van der Waals surface area (Å²) in [4.78, 5) is 12.4. The van der Waals surface area contributed by atoms with Gasteiger partial charge in [0, 0.05) is 17.7 Å². The smallest absolute Gasteiger partial charge is 0.308 e. The van der Waals surface area contributed by atoms with Gasteiger partial charge in [-0.1, -0.05) is 36.4 Å². The number of nitrogens with zero attached hydrogens (tertiary/aromatic N) is 2. The highest BCUT2D eigenvalue weighted by molar-refractivity contribution is 5.99. The summed E-state index contributed by atoms with van der Waals surface area (Å²) in [6.45, 7) is 0.479. The van der Waals surface area contributed by atoms with Gasteiger partial charge in [-0.2, -0.15) is 18.3 Å². The lowest BCUT2D eigenvalue weighted by atomic mass is 10.2. The number of rotatable bonds is 5. The minimum Gasteiger partial charge on any atom is -0.308 e. The number of aromatic nitrogens is 2. The van der Waals surface area contributed by atoms with E-state index in [4.69, 9.17) is 0 Å². The number of carbonyl (C=O) groups is 1. The van der Waals surface area contributed by atoms with Crippen LogP contribution in [0.25, 0.3) is 0 Å². The average molecular weight is 400 g/mol. The van der Waals surface area contributed by atoms with Gasteiger partial charge in [0.1, 0.15) is 5.82 Å². The molecule has 0 saturated heterocycles. The molecule has 0 spiro atoms. The Morgan fingerprint density at radius 2 is 1.79 bits per heavy atom. The molecule has 0 unspecified atom stereocenters. The van der Waals surface area contributed by atoms with Crippen LogP contribution < -0.4 is 10.6 Å². The summed E-state index contributed by atoms with van der Waals surface area (Å²) in [5, 5.41) is 9.77. The molecule has 150 valence electrons. The van der Waals surface area contributed by atoms with E-state index >= 15 is 0 Å². The van der Waals surface area contributed by atoms with Gasteiger partial charge in [-0.05, 0) is 36.6 Å². The molecule has 1 saturated carbocycles. The molecular weight excluding hydrogens is 381 g/mol. The van der Waals surface area contributed by atoms with E-state index in [9.17, 15) is 18.0 Å². The molecule has 1 aliphatic rings. The molecule has 0 radical (unpaired) electrons. The maximum atomic E-state index is 12.9. The molecule has 3 aromatic rings. The Labute approximate surface area is 165 Å². The summed E-state index contributed by atoms with van der Waals surface area (Å²) in [7, 11) is 0. The Morgan fingerprint density at radius 1 is 1.03 bits per heavy atom. The van der Waals surface area contributed by atoms with Gasteiger partial charge >= 0.3 is 12.2 Å². The van der Waals surface area contributed by atoms with Crippen LogP contribution in [-0.2, 0) is 12.7 Å². The van der Waals surface area contributed by atoms with Crippen molar-refractivity contribution in [1.82, 2.24) is 9.78 Å². The molecule has 0 aliphatic heterocycles. The van der Waals surface area contributed by atoms with Crippen molar-refractivity contribution in [3.05, 3.63) is 77.5 Å². The van der Waals surface area contributed by atoms with Crippen LogP contribution >= 0.6 is 0 Å². The monoisotopic (exact) mass is 400 g/mol. The van der Waals surface area contributed by atoms with Crippen LogP contribution in [0.5, 0.6) is 0 Å². The van der Waals surface area contributed by atoms with E-state index in [2.05, 4.69) is 15.7 Å². The second kappa shape index (κ2) is 7.62. The molecule has 1 heterocycles. The van der Waals surface area contributed by atoms with Crippen LogP contribution in [0.15, 0.2) is 60.7 Å². The third-order valence-corrected chi connectivity index (χ3v) is 4.66. The summed E-state index contributed by atoms with van der Waals surface area (Å²) in [6.07, 6.45) is -2.34. The summed E-state index contributed by atoms with van der Waals surface area (Å²) in [5.74, 6) is 0.902. The number of amides is 2. The van der Waals surface area contributed by atoms with Gasteiger partial charge in [-0.15, -0.1) is 0 Å². The predicted octanol–water partition coefficient (Wildman–Crippen LogP) is 5.47. The number of nitrogens with one attached hydrogen (secondary N) is 2. The fourth-order valence-electron chi connectivity index (χ4n) is 3.04. The van der Waals surface area contributed by atoms with Gasteiger partial charge in [0.05, 0.1) is 17.8 Å². The van der Waals surface area contributed by atoms with Crippen molar-refractivity contribution in [2.45, 2.75) is 31.5 Å². The fourth-order valence-corrected chi connectivity index (χ4v) is 3.04. The molecule has 0 bridgehead atoms. The first kappa shape index (κ1) is 19.0. The molecule has 2 aromatic carbocycles. The summed E-state index contributed by atoms with van der Waals surface area (Å²) in [5.41, 5.74) is 1.18. The van der Waals surface area contributed by atoms with Gasteiger partial charge in [0.15, 0.2) is 0 Å². The molecule has 4 rings (SSSR count). The van der Waals surface area contributed by atoms with E-state index in [-0.39, 0.29) is 5.69 Å². The molecule has 2 N–H and O–H groups in total. The second-order valence-electron chi connectivity index (χ2n) is 7.03. The predicted molar refractivity (Wildman–Crippen MR) is 104 cm³/mol. The minimum atomic E-state index is -4.47. The minimum absolute atomic E-state index is 0.0638.